The molecule has 0 fully saturated rings. The first kappa shape index (κ1) is 23.2. The second kappa shape index (κ2) is 10.0. The van der Waals surface area contributed by atoms with Gasteiger partial charge in [0.05, 0.1) is 5.69 Å². The number of fused-ring (bicyclic) bond motifs is 2. The first-order chi connectivity index (χ1) is 18.7. The van der Waals surface area contributed by atoms with Crippen LogP contribution in [0.3, 0.4) is 0 Å². The number of hydrogen-bond acceptors (Lipinski definition) is 5. The highest BCUT2D eigenvalue weighted by atomic mass is 16.1. The summed E-state index contributed by atoms with van der Waals surface area (Å²) in [7, 11) is 0. The molecule has 2 heterocycles. The van der Waals surface area contributed by atoms with Gasteiger partial charge in [0.25, 0.3) is 5.56 Å². The van der Waals surface area contributed by atoms with Gasteiger partial charge in [0.15, 0.2) is 5.65 Å². The van der Waals surface area contributed by atoms with E-state index in [4.69, 9.17) is 0 Å². The monoisotopic (exact) mass is 495 g/mol. The van der Waals surface area contributed by atoms with E-state index in [0.717, 1.165) is 27.7 Å². The van der Waals surface area contributed by atoms with Gasteiger partial charge < -0.3 is 10.6 Å². The Morgan fingerprint density at radius 1 is 0.816 bits per heavy atom. The van der Waals surface area contributed by atoms with Crippen molar-refractivity contribution in [2.45, 2.75) is 6.42 Å². The predicted molar refractivity (Wildman–Crippen MR) is 155 cm³/mol. The molecule has 6 rings (SSSR count). The number of nitrogens with zero attached hydrogens (tertiary/aromatic N) is 3. The van der Waals surface area contributed by atoms with Crippen molar-refractivity contribution in [2.75, 3.05) is 10.6 Å². The van der Waals surface area contributed by atoms with Gasteiger partial charge in [-0.1, -0.05) is 79.4 Å². The van der Waals surface area contributed by atoms with Crippen molar-refractivity contribution in [3.05, 3.63) is 149 Å². The van der Waals surface area contributed by atoms with Crippen LogP contribution in [0.25, 0.3) is 27.6 Å². The van der Waals surface area contributed by atoms with E-state index in [-0.39, 0.29) is 5.56 Å². The molecule has 0 aliphatic carbocycles. The minimum Gasteiger partial charge on any atom is -0.342 e. The SMILES string of the molecule is C=C(Nc1cccc(-n2c(=O)c(Cc3ccccc3)nc3cccnc32)c1)Nc1cccc2ccccc12. The molecule has 0 aliphatic rings. The minimum atomic E-state index is -0.190. The van der Waals surface area contributed by atoms with Crippen LogP contribution in [0.4, 0.5) is 11.4 Å². The Bertz CT molecular complexity index is 1840. The van der Waals surface area contributed by atoms with Crippen molar-refractivity contribution in [1.82, 2.24) is 14.5 Å². The highest BCUT2D eigenvalue weighted by Gasteiger charge is 2.14. The molecule has 0 bridgehead atoms. The Labute approximate surface area is 220 Å². The molecule has 0 saturated carbocycles. The molecule has 38 heavy (non-hydrogen) atoms. The first-order valence-corrected chi connectivity index (χ1v) is 12.4. The first-order valence-electron chi connectivity index (χ1n) is 12.4. The van der Waals surface area contributed by atoms with Crippen LogP contribution in [0.5, 0.6) is 0 Å². The van der Waals surface area contributed by atoms with Crippen LogP contribution in [-0.2, 0) is 6.42 Å². The lowest BCUT2D eigenvalue weighted by Gasteiger charge is -2.16. The van der Waals surface area contributed by atoms with E-state index in [2.05, 4.69) is 45.4 Å². The van der Waals surface area contributed by atoms with Gasteiger partial charge in [-0.05, 0) is 47.3 Å². The zero-order valence-corrected chi connectivity index (χ0v) is 20.6. The van der Waals surface area contributed by atoms with E-state index in [1.54, 1.807) is 10.8 Å². The van der Waals surface area contributed by atoms with Crippen molar-refractivity contribution < 1.29 is 0 Å². The molecule has 6 aromatic rings. The number of benzene rings is 4. The second-order valence-electron chi connectivity index (χ2n) is 9.01. The van der Waals surface area contributed by atoms with Crippen molar-refractivity contribution in [1.29, 1.82) is 0 Å². The number of pyridine rings is 1. The predicted octanol–water partition coefficient (Wildman–Crippen LogP) is 6.52. The summed E-state index contributed by atoms with van der Waals surface area (Å²) in [5.74, 6) is 0.619. The lowest BCUT2D eigenvalue weighted by molar-refractivity contribution is 0.927. The zero-order valence-electron chi connectivity index (χ0n) is 20.6. The molecule has 6 nitrogen and oxygen atoms in total. The largest absolute Gasteiger partial charge is 0.342 e. The van der Waals surface area contributed by atoms with Gasteiger partial charge in [0, 0.05) is 29.4 Å². The van der Waals surface area contributed by atoms with E-state index >= 15 is 0 Å². The molecule has 0 aliphatic heterocycles. The van der Waals surface area contributed by atoms with E-state index in [0.29, 0.717) is 34.8 Å². The highest BCUT2D eigenvalue weighted by molar-refractivity contribution is 5.94. The van der Waals surface area contributed by atoms with E-state index < -0.39 is 0 Å². The fraction of sp³-hybridized carbons (Fsp3) is 0.0312. The Morgan fingerprint density at radius 3 is 2.50 bits per heavy atom. The maximum absolute atomic E-state index is 13.7. The second-order valence-corrected chi connectivity index (χ2v) is 9.01. The molecule has 0 radical (unpaired) electrons. The van der Waals surface area contributed by atoms with Crippen LogP contribution in [0.15, 0.2) is 133 Å². The maximum atomic E-state index is 13.7. The average molecular weight is 496 g/mol. The smallest absolute Gasteiger partial charge is 0.278 e. The summed E-state index contributed by atoms with van der Waals surface area (Å²) in [6.07, 6.45) is 2.11. The summed E-state index contributed by atoms with van der Waals surface area (Å²) in [4.78, 5) is 22.9. The van der Waals surface area contributed by atoms with Crippen molar-refractivity contribution in [3.63, 3.8) is 0 Å². The summed E-state index contributed by atoms with van der Waals surface area (Å²) in [6.45, 7) is 4.17. The van der Waals surface area contributed by atoms with Crippen LogP contribution >= 0.6 is 0 Å². The van der Waals surface area contributed by atoms with Gasteiger partial charge in [-0.15, -0.1) is 0 Å². The minimum absolute atomic E-state index is 0.190. The zero-order chi connectivity index (χ0) is 25.9. The van der Waals surface area contributed by atoms with Gasteiger partial charge >= 0.3 is 0 Å². The van der Waals surface area contributed by atoms with Crippen LogP contribution in [0.2, 0.25) is 0 Å². The lowest BCUT2D eigenvalue weighted by Crippen LogP contribution is -2.25. The summed E-state index contributed by atoms with van der Waals surface area (Å²) < 4.78 is 1.63. The van der Waals surface area contributed by atoms with Gasteiger partial charge in [0.1, 0.15) is 17.0 Å². The molecule has 2 N–H and O–H groups in total. The molecule has 0 saturated heterocycles. The average Bonchev–Trinajstić information content (AvgIpc) is 2.94. The lowest BCUT2D eigenvalue weighted by atomic mass is 10.1. The number of hydrogen-bond donors (Lipinski definition) is 2. The van der Waals surface area contributed by atoms with Crippen LogP contribution in [-0.4, -0.2) is 14.5 Å². The third kappa shape index (κ3) is 4.63. The maximum Gasteiger partial charge on any atom is 0.278 e. The molecule has 0 amide bonds. The number of anilines is 2. The molecule has 184 valence electrons. The summed E-state index contributed by atoms with van der Waals surface area (Å²) in [6, 6.07) is 35.6. The molecular weight excluding hydrogens is 470 g/mol. The molecule has 0 atom stereocenters. The molecule has 0 unspecified atom stereocenters. The Hall–Kier alpha value is -5.23. The number of aromatic nitrogens is 3. The van der Waals surface area contributed by atoms with Gasteiger partial charge in [-0.25, -0.2) is 9.97 Å². The van der Waals surface area contributed by atoms with E-state index in [9.17, 15) is 4.79 Å². The molecule has 4 aromatic carbocycles. The van der Waals surface area contributed by atoms with E-state index in [1.165, 1.54) is 0 Å². The van der Waals surface area contributed by atoms with Crippen molar-refractivity contribution >= 4 is 33.3 Å². The Morgan fingerprint density at radius 2 is 1.61 bits per heavy atom. The van der Waals surface area contributed by atoms with Crippen LogP contribution in [0, 0.1) is 0 Å². The van der Waals surface area contributed by atoms with Gasteiger partial charge in [0.2, 0.25) is 0 Å². The van der Waals surface area contributed by atoms with Gasteiger partial charge in [-0.3, -0.25) is 9.36 Å². The van der Waals surface area contributed by atoms with Crippen LogP contribution in [0.1, 0.15) is 11.3 Å². The Kier molecular flexibility index (Phi) is 6.12. The number of rotatable bonds is 7. The van der Waals surface area contributed by atoms with E-state index in [1.807, 2.05) is 91.0 Å². The molecule has 6 heteroatoms. The van der Waals surface area contributed by atoms with Gasteiger partial charge in [-0.2, -0.15) is 0 Å². The summed E-state index contributed by atoms with van der Waals surface area (Å²) >= 11 is 0. The Balaban J connectivity index is 1.34. The summed E-state index contributed by atoms with van der Waals surface area (Å²) in [5, 5.41) is 8.96. The molecule has 0 spiro atoms. The third-order valence-electron chi connectivity index (χ3n) is 6.37. The van der Waals surface area contributed by atoms with Crippen LogP contribution < -0.4 is 16.2 Å². The fourth-order valence-corrected chi connectivity index (χ4v) is 4.64. The standard InChI is InChI=1S/C32H25N5O/c1-22(35-28-17-7-13-24-12-5-6-16-27(24)28)34-25-14-8-15-26(21-25)37-31-29(18-9-19-33-31)36-30(32(37)38)20-23-10-3-2-4-11-23/h2-19,21,34-35H,1,20H2. The van der Waals surface area contributed by atoms with Crippen molar-refractivity contribution in [3.8, 4) is 5.69 Å². The normalized spacial score (nSPS) is 10.9. The third-order valence-corrected chi connectivity index (χ3v) is 6.37. The topological polar surface area (TPSA) is 71.8 Å². The number of nitrogens with one attached hydrogen (secondary N) is 2. The molecule has 2 aromatic heterocycles. The quantitative estimate of drug-likeness (QED) is 0.264. The summed E-state index contributed by atoms with van der Waals surface area (Å²) in [5.41, 5.74) is 4.93. The van der Waals surface area contributed by atoms with Crippen molar-refractivity contribution in [2.24, 2.45) is 0 Å². The molecular formula is C32H25N5O. The fourth-order valence-electron chi connectivity index (χ4n) is 4.64. The highest BCUT2D eigenvalue weighted by Crippen LogP contribution is 2.25.